The van der Waals surface area contributed by atoms with Crippen molar-refractivity contribution in [1.29, 1.82) is 0 Å². The standard InChI is InChI=1S/C9H17OSi/c1-3-8(2)9(11)6-4-5-7-10-9/h3H,1,4-7H2,2,11H3. The Labute approximate surface area is 72.2 Å². The summed E-state index contributed by atoms with van der Waals surface area (Å²) in [6, 6.07) is 0. The second-order valence-corrected chi connectivity index (χ2v) is 5.04. The summed E-state index contributed by atoms with van der Waals surface area (Å²) in [7, 11) is 1.09. The molecule has 2 heteroatoms. The number of hydrogen-bond acceptors (Lipinski definition) is 1. The zero-order valence-electron chi connectivity index (χ0n) is 7.52. The summed E-state index contributed by atoms with van der Waals surface area (Å²) >= 11 is 0. The van der Waals surface area contributed by atoms with E-state index in [1.54, 1.807) is 0 Å². The maximum absolute atomic E-state index is 5.77. The molecule has 0 saturated carbocycles. The third kappa shape index (κ3) is 1.94. The Morgan fingerprint density at radius 2 is 2.36 bits per heavy atom. The van der Waals surface area contributed by atoms with Crippen molar-refractivity contribution in [3.05, 3.63) is 18.6 Å². The van der Waals surface area contributed by atoms with Crippen LogP contribution in [0.5, 0.6) is 0 Å². The lowest BCUT2D eigenvalue weighted by Gasteiger charge is -2.37. The van der Waals surface area contributed by atoms with E-state index in [-0.39, 0.29) is 5.22 Å². The highest BCUT2D eigenvalue weighted by Crippen LogP contribution is 2.30. The van der Waals surface area contributed by atoms with Crippen LogP contribution >= 0.6 is 0 Å². The molecule has 1 saturated heterocycles. The molecule has 63 valence electrons. The van der Waals surface area contributed by atoms with Crippen LogP contribution in [0.25, 0.3) is 0 Å². The molecule has 0 bridgehead atoms. The molecule has 0 aromatic carbocycles. The molecule has 1 radical (unpaired) electrons. The molecule has 1 rings (SSSR count). The van der Waals surface area contributed by atoms with Crippen molar-refractivity contribution >= 4 is 10.2 Å². The van der Waals surface area contributed by atoms with Crippen molar-refractivity contribution < 1.29 is 4.74 Å². The molecular weight excluding hydrogens is 152 g/mol. The summed E-state index contributed by atoms with van der Waals surface area (Å²) in [5, 5.41) is 0.125. The first-order valence-corrected chi connectivity index (χ1v) is 5.29. The van der Waals surface area contributed by atoms with Gasteiger partial charge in [-0.15, -0.1) is 6.58 Å². The Morgan fingerprint density at radius 3 is 2.82 bits per heavy atom. The lowest BCUT2D eigenvalue weighted by molar-refractivity contribution is -0.00303. The third-order valence-corrected chi connectivity index (χ3v) is 4.19. The van der Waals surface area contributed by atoms with E-state index < -0.39 is 0 Å². The van der Waals surface area contributed by atoms with Gasteiger partial charge in [-0.05, 0) is 19.3 Å². The molecule has 0 aliphatic carbocycles. The van der Waals surface area contributed by atoms with Crippen LogP contribution in [0.15, 0.2) is 12.7 Å². The van der Waals surface area contributed by atoms with Crippen LogP contribution in [0.4, 0.5) is 0 Å². The fraction of sp³-hybridized carbons (Fsp3) is 0.667. The predicted molar refractivity (Wildman–Crippen MR) is 51.6 cm³/mol. The SMILES string of the molecule is C=C[C](C)C1([SiH3])CCCCO1. The molecule has 11 heavy (non-hydrogen) atoms. The fourth-order valence-corrected chi connectivity index (χ4v) is 2.22. The van der Waals surface area contributed by atoms with Gasteiger partial charge in [0.05, 0.1) is 5.22 Å². The van der Waals surface area contributed by atoms with Crippen LogP contribution in [0.3, 0.4) is 0 Å². The smallest absolute Gasteiger partial charge is 0.0580 e. The van der Waals surface area contributed by atoms with E-state index in [9.17, 15) is 0 Å². The number of rotatable bonds is 2. The molecule has 0 N–H and O–H groups in total. The minimum atomic E-state index is 0.125. The first kappa shape index (κ1) is 9.01. The van der Waals surface area contributed by atoms with E-state index >= 15 is 0 Å². The zero-order valence-corrected chi connectivity index (χ0v) is 9.52. The summed E-state index contributed by atoms with van der Waals surface area (Å²) in [6.45, 7) is 6.86. The molecule has 1 nitrogen and oxygen atoms in total. The quantitative estimate of drug-likeness (QED) is 0.561. The lowest BCUT2D eigenvalue weighted by Crippen LogP contribution is -2.41. The van der Waals surface area contributed by atoms with Gasteiger partial charge in [0.15, 0.2) is 0 Å². The van der Waals surface area contributed by atoms with E-state index in [0.717, 1.165) is 16.8 Å². The molecule has 1 heterocycles. The molecular formula is C9H17OSi. The topological polar surface area (TPSA) is 9.23 Å². The van der Waals surface area contributed by atoms with E-state index in [1.807, 2.05) is 6.08 Å². The van der Waals surface area contributed by atoms with Gasteiger partial charge in [0, 0.05) is 22.8 Å². The van der Waals surface area contributed by atoms with Gasteiger partial charge in [-0.1, -0.05) is 13.0 Å². The minimum absolute atomic E-state index is 0.125. The van der Waals surface area contributed by atoms with Crippen molar-refractivity contribution in [2.75, 3.05) is 6.61 Å². The van der Waals surface area contributed by atoms with Crippen LogP contribution in [0, 0.1) is 5.92 Å². The zero-order chi connectivity index (χ0) is 8.32. The van der Waals surface area contributed by atoms with E-state index in [4.69, 9.17) is 4.74 Å². The highest BCUT2D eigenvalue weighted by atomic mass is 28.1. The van der Waals surface area contributed by atoms with E-state index in [1.165, 1.54) is 25.2 Å². The van der Waals surface area contributed by atoms with Gasteiger partial charge in [0.1, 0.15) is 0 Å². The summed E-state index contributed by atoms with van der Waals surface area (Å²) in [5.74, 6) is 1.32. The highest BCUT2D eigenvalue weighted by molar-refractivity contribution is 6.16. The molecule has 0 amide bonds. The van der Waals surface area contributed by atoms with Crippen molar-refractivity contribution in [2.45, 2.75) is 31.4 Å². The fourth-order valence-electron chi connectivity index (χ4n) is 1.46. The van der Waals surface area contributed by atoms with Gasteiger partial charge in [-0.25, -0.2) is 0 Å². The summed E-state index contributed by atoms with van der Waals surface area (Å²) < 4.78 is 5.77. The second kappa shape index (κ2) is 3.54. The Balaban J connectivity index is 2.55. The van der Waals surface area contributed by atoms with Crippen LogP contribution in [-0.4, -0.2) is 22.1 Å². The average Bonchev–Trinajstić information content (AvgIpc) is 2.04. The molecule has 1 atom stereocenters. The average molecular weight is 169 g/mol. The van der Waals surface area contributed by atoms with Gasteiger partial charge < -0.3 is 4.74 Å². The number of ether oxygens (including phenoxy) is 1. The maximum Gasteiger partial charge on any atom is 0.0580 e. The van der Waals surface area contributed by atoms with Gasteiger partial charge >= 0.3 is 0 Å². The Kier molecular flexibility index (Phi) is 2.90. The summed E-state index contributed by atoms with van der Waals surface area (Å²) in [5.41, 5.74) is 0. The molecule has 0 aromatic heterocycles. The van der Waals surface area contributed by atoms with Gasteiger partial charge in [0.25, 0.3) is 0 Å². The van der Waals surface area contributed by atoms with E-state index in [0.29, 0.717) is 0 Å². The van der Waals surface area contributed by atoms with E-state index in [2.05, 4.69) is 13.5 Å². The Hall–Kier alpha value is -0.0831. The Morgan fingerprint density at radius 1 is 1.64 bits per heavy atom. The molecule has 0 aromatic rings. The number of hydrogen-bond donors (Lipinski definition) is 0. The van der Waals surface area contributed by atoms with Crippen LogP contribution in [0.2, 0.25) is 0 Å². The first-order valence-electron chi connectivity index (χ1n) is 4.29. The van der Waals surface area contributed by atoms with Crippen molar-refractivity contribution in [2.24, 2.45) is 0 Å². The van der Waals surface area contributed by atoms with Crippen molar-refractivity contribution in [3.63, 3.8) is 0 Å². The molecule has 1 aliphatic rings. The van der Waals surface area contributed by atoms with Crippen LogP contribution < -0.4 is 0 Å². The summed E-state index contributed by atoms with van der Waals surface area (Å²) in [4.78, 5) is 0. The monoisotopic (exact) mass is 169 g/mol. The summed E-state index contributed by atoms with van der Waals surface area (Å²) in [6.07, 6.45) is 5.69. The highest BCUT2D eigenvalue weighted by Gasteiger charge is 2.32. The largest absolute Gasteiger partial charge is 0.379 e. The van der Waals surface area contributed by atoms with Gasteiger partial charge in [0.2, 0.25) is 0 Å². The molecule has 1 unspecified atom stereocenters. The minimum Gasteiger partial charge on any atom is -0.379 e. The molecule has 1 aliphatic heterocycles. The third-order valence-electron chi connectivity index (χ3n) is 2.61. The lowest BCUT2D eigenvalue weighted by atomic mass is 9.96. The van der Waals surface area contributed by atoms with Crippen molar-refractivity contribution in [1.82, 2.24) is 0 Å². The Bertz CT molecular complexity index is 138. The van der Waals surface area contributed by atoms with Crippen LogP contribution in [0.1, 0.15) is 26.2 Å². The predicted octanol–water partition coefficient (Wildman–Crippen LogP) is 1.03. The maximum atomic E-state index is 5.77. The second-order valence-electron chi connectivity index (χ2n) is 3.42. The van der Waals surface area contributed by atoms with Gasteiger partial charge in [-0.2, -0.15) is 0 Å². The van der Waals surface area contributed by atoms with Crippen LogP contribution in [-0.2, 0) is 4.74 Å². The molecule has 1 fully saturated rings. The molecule has 0 spiro atoms. The van der Waals surface area contributed by atoms with Crippen molar-refractivity contribution in [3.8, 4) is 0 Å². The van der Waals surface area contributed by atoms with Gasteiger partial charge in [-0.3, -0.25) is 0 Å². The normalized spacial score (nSPS) is 32.5. The first-order chi connectivity index (χ1) is 5.19.